The van der Waals surface area contributed by atoms with Crippen molar-refractivity contribution in [3.8, 4) is 0 Å². The summed E-state index contributed by atoms with van der Waals surface area (Å²) in [6.45, 7) is 2.28. The van der Waals surface area contributed by atoms with Crippen molar-refractivity contribution in [2.75, 3.05) is 0 Å². The van der Waals surface area contributed by atoms with Gasteiger partial charge >= 0.3 is 23.1 Å². The monoisotopic (exact) mass is 230 g/mol. The second kappa shape index (κ2) is 5.82. The fourth-order valence-corrected chi connectivity index (χ4v) is 2.84. The van der Waals surface area contributed by atoms with Gasteiger partial charge in [-0.25, -0.2) is 0 Å². The first-order valence-electron chi connectivity index (χ1n) is 4.46. The Labute approximate surface area is 97.8 Å². The first-order valence-corrected chi connectivity index (χ1v) is 5.25. The van der Waals surface area contributed by atoms with Gasteiger partial charge in [-0.3, -0.25) is 0 Å². The summed E-state index contributed by atoms with van der Waals surface area (Å²) in [5.41, 5.74) is 0. The Hall–Kier alpha value is 1.25. The van der Waals surface area contributed by atoms with Gasteiger partial charge in [-0.05, 0) is 19.3 Å². The van der Waals surface area contributed by atoms with Crippen molar-refractivity contribution < 1.29 is 2.85 Å². The molecule has 1 aliphatic rings. The molecule has 1 aliphatic carbocycles. The average molecular weight is 231 g/mol. The first kappa shape index (κ1) is 12.2. The molecule has 0 aromatic rings. The third-order valence-corrected chi connectivity index (χ3v) is 3.64. The molecule has 0 atom stereocenters. The van der Waals surface area contributed by atoms with E-state index in [1.807, 2.05) is 0 Å². The number of rotatable bonds is 2. The summed E-state index contributed by atoms with van der Waals surface area (Å²) in [5, 5.41) is 0. The third-order valence-electron chi connectivity index (χ3n) is 2.45. The summed E-state index contributed by atoms with van der Waals surface area (Å²) >= 11 is 3.86. The molecular weight excluding hydrogens is 212 g/mol. The number of hydrogen-bond donors (Lipinski definition) is 0. The van der Waals surface area contributed by atoms with Crippen LogP contribution in [0, 0.1) is 0 Å². The minimum absolute atomic E-state index is 0. The van der Waals surface area contributed by atoms with Gasteiger partial charge in [0.05, 0.1) is 0 Å². The summed E-state index contributed by atoms with van der Waals surface area (Å²) < 4.78 is 0.542. The van der Waals surface area contributed by atoms with E-state index >= 15 is 0 Å². The summed E-state index contributed by atoms with van der Waals surface area (Å²) in [7, 11) is 0. The minimum atomic E-state index is 0. The van der Waals surface area contributed by atoms with Crippen LogP contribution in [-0.2, 0) is 0 Å². The summed E-state index contributed by atoms with van der Waals surface area (Å²) in [6.07, 6.45) is 9.83. The van der Waals surface area contributed by atoms with Crippen molar-refractivity contribution in [2.24, 2.45) is 0 Å². The molecule has 1 rings (SSSR count). The van der Waals surface area contributed by atoms with Crippen LogP contribution >= 0.6 is 15.9 Å². The topological polar surface area (TPSA) is 0 Å². The van der Waals surface area contributed by atoms with Gasteiger partial charge < -0.3 is 2.85 Å². The largest absolute Gasteiger partial charge is 2.00 e. The fraction of sp³-hybridized carbons (Fsp3) is 1.00. The Bertz CT molecular complexity index is 100. The van der Waals surface area contributed by atoms with Gasteiger partial charge in [-0.2, -0.15) is 0 Å². The second-order valence-corrected chi connectivity index (χ2v) is 5.14. The van der Waals surface area contributed by atoms with Crippen LogP contribution < -0.4 is 0 Å². The molecule has 1 saturated carbocycles. The molecule has 0 spiro atoms. The van der Waals surface area contributed by atoms with E-state index in [4.69, 9.17) is 0 Å². The maximum Gasteiger partial charge on any atom is 2.00 e. The van der Waals surface area contributed by atoms with Crippen molar-refractivity contribution in [1.82, 2.24) is 0 Å². The molecule has 64 valence electrons. The zero-order chi connectivity index (χ0) is 7.45. The Morgan fingerprint density at radius 3 is 2.27 bits per heavy atom. The predicted molar refractivity (Wildman–Crippen MR) is 57.6 cm³/mol. The van der Waals surface area contributed by atoms with E-state index in [-0.39, 0.29) is 25.9 Å². The Balaban J connectivity index is -0.000000333. The van der Waals surface area contributed by atoms with Gasteiger partial charge in [0.2, 0.25) is 0 Å². The van der Waals surface area contributed by atoms with E-state index in [2.05, 4.69) is 22.9 Å². The molecule has 11 heavy (non-hydrogen) atoms. The molecule has 0 N–H and O–H groups in total. The van der Waals surface area contributed by atoms with Crippen molar-refractivity contribution in [1.29, 1.82) is 0 Å². The first-order chi connectivity index (χ1) is 4.77. The number of hydrogen-bond acceptors (Lipinski definition) is 0. The molecule has 0 amide bonds. The van der Waals surface area contributed by atoms with Gasteiger partial charge in [-0.15, -0.1) is 0 Å². The Morgan fingerprint density at radius 2 is 1.82 bits per heavy atom. The smallest absolute Gasteiger partial charge is 1.00 e. The normalized spacial score (nSPS) is 22.4. The number of halogens is 1. The van der Waals surface area contributed by atoms with Crippen molar-refractivity contribution >= 4 is 39.0 Å². The third kappa shape index (κ3) is 4.14. The SMILES string of the molecule is CCCC1(Br)CCCCC1.[H-].[H-].[Mg+2]. The maximum absolute atomic E-state index is 3.86. The second-order valence-electron chi connectivity index (χ2n) is 3.46. The predicted octanol–water partition coefficient (Wildman–Crippen LogP) is 3.73. The van der Waals surface area contributed by atoms with E-state index in [0.717, 1.165) is 0 Å². The van der Waals surface area contributed by atoms with Crippen molar-refractivity contribution in [3.63, 3.8) is 0 Å². The zero-order valence-electron chi connectivity index (χ0n) is 9.53. The molecule has 0 aliphatic heterocycles. The zero-order valence-corrected chi connectivity index (χ0v) is 10.5. The van der Waals surface area contributed by atoms with Crippen LogP contribution in [-0.4, -0.2) is 27.4 Å². The van der Waals surface area contributed by atoms with Gasteiger partial charge in [0, 0.05) is 4.32 Å². The van der Waals surface area contributed by atoms with Crippen molar-refractivity contribution in [3.05, 3.63) is 0 Å². The molecule has 2 heteroatoms. The molecule has 0 bridgehead atoms. The molecule has 0 aromatic heterocycles. The van der Waals surface area contributed by atoms with Crippen LogP contribution in [0.5, 0.6) is 0 Å². The Morgan fingerprint density at radius 1 is 1.27 bits per heavy atom. The van der Waals surface area contributed by atoms with E-state index in [9.17, 15) is 0 Å². The van der Waals surface area contributed by atoms with Crippen LogP contribution in [0.4, 0.5) is 0 Å². The molecule has 0 radical (unpaired) electrons. The average Bonchev–Trinajstić information content (AvgIpc) is 1.89. The fourth-order valence-electron chi connectivity index (χ4n) is 1.88. The van der Waals surface area contributed by atoms with Gasteiger partial charge in [0.15, 0.2) is 0 Å². The standard InChI is InChI=1S/C9H17Br.Mg.2H/c1-2-6-9(10)7-4-3-5-8-9;;;/h2-8H2,1H3;;;/q;+2;2*-1. The maximum atomic E-state index is 3.86. The van der Waals surface area contributed by atoms with Gasteiger partial charge in [-0.1, -0.05) is 48.5 Å². The van der Waals surface area contributed by atoms with E-state index < -0.39 is 0 Å². The minimum Gasteiger partial charge on any atom is -1.00 e. The summed E-state index contributed by atoms with van der Waals surface area (Å²) in [5.74, 6) is 0. The summed E-state index contributed by atoms with van der Waals surface area (Å²) in [6, 6.07) is 0. The van der Waals surface area contributed by atoms with Crippen LogP contribution in [0.15, 0.2) is 0 Å². The van der Waals surface area contributed by atoms with Crippen LogP contribution in [0.25, 0.3) is 0 Å². The molecule has 0 unspecified atom stereocenters. The molecule has 0 heterocycles. The van der Waals surface area contributed by atoms with E-state index in [1.165, 1.54) is 44.9 Å². The molecule has 1 fully saturated rings. The van der Waals surface area contributed by atoms with Crippen LogP contribution in [0.1, 0.15) is 54.7 Å². The Kier molecular flexibility index (Phi) is 6.48. The summed E-state index contributed by atoms with van der Waals surface area (Å²) in [4.78, 5) is 0. The molecule has 0 aromatic carbocycles. The molecule has 0 saturated heterocycles. The van der Waals surface area contributed by atoms with Crippen molar-refractivity contribution in [2.45, 2.75) is 56.2 Å². The van der Waals surface area contributed by atoms with E-state index in [0.29, 0.717) is 4.32 Å². The molecular formula is C9H19BrMg. The number of alkyl halides is 1. The van der Waals surface area contributed by atoms with Gasteiger partial charge in [0.25, 0.3) is 0 Å². The van der Waals surface area contributed by atoms with Crippen LogP contribution in [0.3, 0.4) is 0 Å². The quantitative estimate of drug-likeness (QED) is 0.502. The van der Waals surface area contributed by atoms with E-state index in [1.54, 1.807) is 0 Å². The van der Waals surface area contributed by atoms with Gasteiger partial charge in [0.1, 0.15) is 0 Å². The van der Waals surface area contributed by atoms with Crippen LogP contribution in [0.2, 0.25) is 0 Å². The molecule has 0 nitrogen and oxygen atoms in total.